The summed E-state index contributed by atoms with van der Waals surface area (Å²) in [5.41, 5.74) is 0.791. The Bertz CT molecular complexity index is 556. The highest BCUT2D eigenvalue weighted by Gasteiger charge is 2.37. The summed E-state index contributed by atoms with van der Waals surface area (Å²) in [5, 5.41) is 19.8. The molecule has 3 N–H and O–H groups in total. The summed E-state index contributed by atoms with van der Waals surface area (Å²) in [5.74, 6) is -0.0925. The number of carbonyl (C=O) groups is 1. The monoisotopic (exact) mass is 266 g/mol. The summed E-state index contributed by atoms with van der Waals surface area (Å²) >= 11 is 0. The van der Waals surface area contributed by atoms with Crippen LogP contribution in [0.1, 0.15) is 5.56 Å². The molecule has 0 bridgehead atoms. The molecule has 0 saturated heterocycles. The second kappa shape index (κ2) is 4.68. The average molecular weight is 266 g/mol. The predicted octanol–water partition coefficient (Wildman–Crippen LogP) is 0.959. The SMILES string of the molecule is COc1cc2c(c(OC)c1OC)C(=N)[C@H](C(=O)O)N2. The summed E-state index contributed by atoms with van der Waals surface area (Å²) < 4.78 is 15.6. The van der Waals surface area contributed by atoms with E-state index in [0.717, 1.165) is 0 Å². The molecule has 7 nitrogen and oxygen atoms in total. The van der Waals surface area contributed by atoms with Crippen molar-refractivity contribution in [3.8, 4) is 17.2 Å². The van der Waals surface area contributed by atoms with Crippen LogP contribution in [0.15, 0.2) is 6.07 Å². The summed E-state index contributed by atoms with van der Waals surface area (Å²) in [4.78, 5) is 11.1. The fourth-order valence-electron chi connectivity index (χ4n) is 2.09. The number of methoxy groups -OCH3 is 3. The maximum atomic E-state index is 11.1. The highest BCUT2D eigenvalue weighted by molar-refractivity contribution is 6.23. The molecule has 1 heterocycles. The fraction of sp³-hybridized carbons (Fsp3) is 0.333. The zero-order valence-corrected chi connectivity index (χ0v) is 10.7. The molecular weight excluding hydrogens is 252 g/mol. The molecule has 1 aliphatic heterocycles. The van der Waals surface area contributed by atoms with E-state index in [-0.39, 0.29) is 11.5 Å². The second-order valence-corrected chi connectivity index (χ2v) is 3.90. The Labute approximate surface area is 109 Å². The van der Waals surface area contributed by atoms with Gasteiger partial charge in [-0.15, -0.1) is 0 Å². The maximum Gasteiger partial charge on any atom is 0.332 e. The van der Waals surface area contributed by atoms with Crippen LogP contribution in [0.4, 0.5) is 5.69 Å². The number of anilines is 1. The predicted molar refractivity (Wildman–Crippen MR) is 68.0 cm³/mol. The van der Waals surface area contributed by atoms with Crippen LogP contribution in [0.25, 0.3) is 0 Å². The van der Waals surface area contributed by atoms with Gasteiger partial charge in [-0.05, 0) is 0 Å². The Morgan fingerprint density at radius 1 is 1.26 bits per heavy atom. The fourth-order valence-corrected chi connectivity index (χ4v) is 2.09. The van der Waals surface area contributed by atoms with Crippen molar-refractivity contribution in [2.75, 3.05) is 26.6 Å². The first-order valence-electron chi connectivity index (χ1n) is 5.46. The molecule has 0 fully saturated rings. The first-order valence-corrected chi connectivity index (χ1v) is 5.46. The smallest absolute Gasteiger partial charge is 0.332 e. The number of hydrogen-bond acceptors (Lipinski definition) is 6. The molecule has 2 rings (SSSR count). The number of ether oxygens (including phenoxy) is 3. The zero-order chi connectivity index (χ0) is 14.2. The Kier molecular flexibility index (Phi) is 3.20. The lowest BCUT2D eigenvalue weighted by Gasteiger charge is -2.15. The standard InChI is InChI=1S/C12H14N2O5/c1-17-6-4-5-7(11(19-3)10(6)18-2)8(13)9(14-5)12(15)16/h4,9,13-14H,1-3H3,(H,15,16)/t9-/m1/s1. The molecule has 0 radical (unpaired) electrons. The third-order valence-corrected chi connectivity index (χ3v) is 2.93. The number of nitrogens with one attached hydrogen (secondary N) is 2. The average Bonchev–Trinajstić information content (AvgIpc) is 2.73. The molecular formula is C12H14N2O5. The maximum absolute atomic E-state index is 11.1. The van der Waals surface area contributed by atoms with Crippen molar-refractivity contribution in [3.05, 3.63) is 11.6 Å². The van der Waals surface area contributed by atoms with Crippen LogP contribution in [0.5, 0.6) is 17.2 Å². The normalized spacial score (nSPS) is 16.6. The third-order valence-electron chi connectivity index (χ3n) is 2.93. The summed E-state index contributed by atoms with van der Waals surface area (Å²) in [6.07, 6.45) is 0. The van der Waals surface area contributed by atoms with E-state index < -0.39 is 12.0 Å². The molecule has 1 aliphatic rings. The van der Waals surface area contributed by atoms with Crippen LogP contribution < -0.4 is 19.5 Å². The van der Waals surface area contributed by atoms with Crippen LogP contribution in [0.3, 0.4) is 0 Å². The first kappa shape index (κ1) is 13.0. The quantitative estimate of drug-likeness (QED) is 0.750. The molecule has 0 aromatic heterocycles. The van der Waals surface area contributed by atoms with Gasteiger partial charge in [0.1, 0.15) is 0 Å². The van der Waals surface area contributed by atoms with Gasteiger partial charge in [-0.25, -0.2) is 4.79 Å². The summed E-state index contributed by atoms with van der Waals surface area (Å²) in [6.45, 7) is 0. The lowest BCUT2D eigenvalue weighted by atomic mass is 10.1. The van der Waals surface area contributed by atoms with Gasteiger partial charge in [0.2, 0.25) is 5.75 Å². The van der Waals surface area contributed by atoms with Crippen molar-refractivity contribution in [1.82, 2.24) is 0 Å². The van der Waals surface area contributed by atoms with Gasteiger partial charge in [-0.1, -0.05) is 0 Å². The molecule has 1 aromatic rings. The number of hydrogen-bond donors (Lipinski definition) is 3. The number of carboxylic acid groups (broad SMARTS) is 1. The molecule has 1 aromatic carbocycles. The Balaban J connectivity index is 2.65. The molecule has 0 saturated carbocycles. The minimum atomic E-state index is -1.12. The molecule has 0 spiro atoms. The highest BCUT2D eigenvalue weighted by atomic mass is 16.5. The van der Waals surface area contributed by atoms with Crippen molar-refractivity contribution in [2.24, 2.45) is 0 Å². The molecule has 19 heavy (non-hydrogen) atoms. The second-order valence-electron chi connectivity index (χ2n) is 3.90. The van der Waals surface area contributed by atoms with Crippen LogP contribution in [0, 0.1) is 5.41 Å². The van der Waals surface area contributed by atoms with E-state index >= 15 is 0 Å². The molecule has 102 valence electrons. The van der Waals surface area contributed by atoms with Crippen molar-refractivity contribution >= 4 is 17.4 Å². The van der Waals surface area contributed by atoms with Crippen molar-refractivity contribution in [2.45, 2.75) is 6.04 Å². The van der Waals surface area contributed by atoms with Gasteiger partial charge in [0.15, 0.2) is 17.5 Å². The van der Waals surface area contributed by atoms with Gasteiger partial charge in [-0.2, -0.15) is 0 Å². The molecule has 7 heteroatoms. The van der Waals surface area contributed by atoms with E-state index in [1.165, 1.54) is 21.3 Å². The molecule has 0 unspecified atom stereocenters. The van der Waals surface area contributed by atoms with E-state index in [0.29, 0.717) is 22.7 Å². The number of carboxylic acids is 1. The summed E-state index contributed by atoms with van der Waals surface area (Å²) in [6, 6.07) is 0.495. The molecule has 1 atom stereocenters. The van der Waals surface area contributed by atoms with Gasteiger partial charge >= 0.3 is 5.97 Å². The minimum absolute atomic E-state index is 0.0692. The van der Waals surface area contributed by atoms with Crippen molar-refractivity contribution in [1.29, 1.82) is 5.41 Å². The van der Waals surface area contributed by atoms with Gasteiger partial charge in [0, 0.05) is 6.07 Å². The third kappa shape index (κ3) is 1.83. The van der Waals surface area contributed by atoms with E-state index in [1.54, 1.807) is 6.07 Å². The minimum Gasteiger partial charge on any atom is -0.493 e. The highest BCUT2D eigenvalue weighted by Crippen LogP contribution is 2.46. The van der Waals surface area contributed by atoms with Crippen LogP contribution in [0.2, 0.25) is 0 Å². The number of rotatable bonds is 4. The van der Waals surface area contributed by atoms with Gasteiger partial charge in [0.25, 0.3) is 0 Å². The van der Waals surface area contributed by atoms with E-state index in [1.807, 2.05) is 0 Å². The lowest BCUT2D eigenvalue weighted by molar-refractivity contribution is -0.136. The Hall–Kier alpha value is -2.44. The van der Waals surface area contributed by atoms with Crippen LogP contribution in [-0.2, 0) is 4.79 Å². The summed E-state index contributed by atoms with van der Waals surface area (Å²) in [7, 11) is 4.35. The van der Waals surface area contributed by atoms with Crippen LogP contribution >= 0.6 is 0 Å². The van der Waals surface area contributed by atoms with E-state index in [4.69, 9.17) is 24.7 Å². The first-order chi connectivity index (χ1) is 9.04. The van der Waals surface area contributed by atoms with E-state index in [2.05, 4.69) is 5.32 Å². The molecule has 0 amide bonds. The number of aliphatic carboxylic acids is 1. The van der Waals surface area contributed by atoms with Crippen molar-refractivity contribution in [3.63, 3.8) is 0 Å². The number of benzene rings is 1. The van der Waals surface area contributed by atoms with Crippen LogP contribution in [-0.4, -0.2) is 44.2 Å². The van der Waals surface area contributed by atoms with Gasteiger partial charge in [0.05, 0.1) is 38.3 Å². The van der Waals surface area contributed by atoms with Crippen molar-refractivity contribution < 1.29 is 24.1 Å². The van der Waals surface area contributed by atoms with E-state index in [9.17, 15) is 4.79 Å². The topological polar surface area (TPSA) is 101 Å². The van der Waals surface area contributed by atoms with Gasteiger partial charge in [-0.3, -0.25) is 0 Å². The Morgan fingerprint density at radius 3 is 2.37 bits per heavy atom. The molecule has 0 aliphatic carbocycles. The number of fused-ring (bicyclic) bond motifs is 1. The largest absolute Gasteiger partial charge is 0.493 e. The van der Waals surface area contributed by atoms with Gasteiger partial charge < -0.3 is 30.0 Å². The lowest BCUT2D eigenvalue weighted by Crippen LogP contribution is -2.31. The zero-order valence-electron chi connectivity index (χ0n) is 10.7. The Morgan fingerprint density at radius 2 is 1.89 bits per heavy atom.